The Morgan fingerprint density at radius 3 is 1.12 bits per heavy atom. The highest BCUT2D eigenvalue weighted by Gasteiger charge is 2.13. The smallest absolute Gasteiger partial charge is 0.0708 e. The average molecular weight is 535 g/mol. The molecule has 0 bridgehead atoms. The molecule has 2 heteroatoms. The number of hydrogen-bond donors (Lipinski definition) is 0. The van der Waals surface area contributed by atoms with Gasteiger partial charge in [-0.1, -0.05) is 109 Å². The minimum Gasteiger partial charge on any atom is -0.256 e. The summed E-state index contributed by atoms with van der Waals surface area (Å²) in [6, 6.07) is 51.7. The first-order valence-corrected chi connectivity index (χ1v) is 14.2. The Morgan fingerprint density at radius 2 is 0.667 bits per heavy atom. The zero-order valence-electron chi connectivity index (χ0n) is 22.9. The molecule has 196 valence electrons. The molecule has 0 N–H and O–H groups in total. The molecule has 0 atom stereocenters. The Labute approximate surface area is 244 Å². The van der Waals surface area contributed by atoms with Crippen LogP contribution in [0.25, 0.3) is 77.1 Å². The van der Waals surface area contributed by atoms with Crippen molar-refractivity contribution in [3.8, 4) is 44.8 Å². The molecule has 2 aromatic heterocycles. The summed E-state index contributed by atoms with van der Waals surface area (Å²) in [5.41, 5.74) is 8.90. The fourth-order valence-corrected chi connectivity index (χ4v) is 6.07. The van der Waals surface area contributed by atoms with Crippen LogP contribution in [0.3, 0.4) is 0 Å². The van der Waals surface area contributed by atoms with Crippen LogP contribution in [0.15, 0.2) is 158 Å². The zero-order chi connectivity index (χ0) is 27.9. The van der Waals surface area contributed by atoms with Crippen molar-refractivity contribution in [2.24, 2.45) is 0 Å². The van der Waals surface area contributed by atoms with Crippen molar-refractivity contribution < 1.29 is 0 Å². The van der Waals surface area contributed by atoms with Gasteiger partial charge in [-0.05, 0) is 91.0 Å². The number of hydrogen-bond acceptors (Lipinski definition) is 2. The van der Waals surface area contributed by atoms with Gasteiger partial charge in [0.05, 0.1) is 11.4 Å². The molecule has 0 saturated carbocycles. The first-order chi connectivity index (χ1) is 20.8. The molecule has 0 amide bonds. The third-order valence-corrected chi connectivity index (χ3v) is 8.16. The minimum absolute atomic E-state index is 0.974. The molecule has 2 nitrogen and oxygen atoms in total. The van der Waals surface area contributed by atoms with E-state index < -0.39 is 0 Å². The highest BCUT2D eigenvalue weighted by molar-refractivity contribution is 6.26. The van der Waals surface area contributed by atoms with Crippen molar-refractivity contribution >= 4 is 32.3 Å². The van der Waals surface area contributed by atoms with Gasteiger partial charge >= 0.3 is 0 Å². The highest BCUT2D eigenvalue weighted by Crippen LogP contribution is 2.39. The molecule has 0 unspecified atom stereocenters. The number of pyridine rings is 2. The molecule has 0 aliphatic heterocycles. The molecular formula is C40H26N2. The Bertz CT molecular complexity index is 2050. The van der Waals surface area contributed by atoms with Crippen LogP contribution in [0.1, 0.15) is 0 Å². The lowest BCUT2D eigenvalue weighted by Gasteiger charge is -2.14. The average Bonchev–Trinajstić information content (AvgIpc) is 3.09. The standard InChI is InChI=1S/C40H26N2/c1-3-9-27(10-4-1)29-19-21-41-39(25-29)31-15-17-35-36-18-16-32(24-38(36)34-14-8-7-13-33(34)37(35)23-31)40-26-30(20-22-42-40)28-11-5-2-6-12-28/h1-26H. The van der Waals surface area contributed by atoms with Gasteiger partial charge in [-0.15, -0.1) is 0 Å². The van der Waals surface area contributed by atoms with Crippen molar-refractivity contribution in [3.05, 3.63) is 158 Å². The van der Waals surface area contributed by atoms with Crippen LogP contribution in [-0.2, 0) is 0 Å². The summed E-state index contributed by atoms with van der Waals surface area (Å²) < 4.78 is 0. The molecule has 42 heavy (non-hydrogen) atoms. The lowest BCUT2D eigenvalue weighted by Crippen LogP contribution is -1.89. The first-order valence-electron chi connectivity index (χ1n) is 14.2. The number of benzene rings is 6. The van der Waals surface area contributed by atoms with Gasteiger partial charge in [0.15, 0.2) is 0 Å². The van der Waals surface area contributed by atoms with Crippen LogP contribution in [0.5, 0.6) is 0 Å². The van der Waals surface area contributed by atoms with E-state index in [1.165, 1.54) is 54.6 Å². The molecule has 0 aliphatic carbocycles. The fraction of sp³-hybridized carbons (Fsp3) is 0. The van der Waals surface area contributed by atoms with Crippen molar-refractivity contribution in [1.29, 1.82) is 0 Å². The van der Waals surface area contributed by atoms with Crippen molar-refractivity contribution in [1.82, 2.24) is 9.97 Å². The Hall–Kier alpha value is -5.60. The van der Waals surface area contributed by atoms with Gasteiger partial charge in [0.1, 0.15) is 0 Å². The van der Waals surface area contributed by atoms with Gasteiger partial charge < -0.3 is 0 Å². The van der Waals surface area contributed by atoms with E-state index in [0.717, 1.165) is 22.5 Å². The topological polar surface area (TPSA) is 25.8 Å². The third-order valence-electron chi connectivity index (χ3n) is 8.16. The summed E-state index contributed by atoms with van der Waals surface area (Å²) in [4.78, 5) is 9.50. The second kappa shape index (κ2) is 10.1. The van der Waals surface area contributed by atoms with Gasteiger partial charge in [0.25, 0.3) is 0 Å². The maximum atomic E-state index is 4.75. The van der Waals surface area contributed by atoms with Gasteiger partial charge in [-0.3, -0.25) is 9.97 Å². The van der Waals surface area contributed by atoms with Crippen LogP contribution in [0.4, 0.5) is 0 Å². The summed E-state index contributed by atoms with van der Waals surface area (Å²) >= 11 is 0. The quantitative estimate of drug-likeness (QED) is 0.210. The molecule has 0 saturated heterocycles. The zero-order valence-corrected chi connectivity index (χ0v) is 22.9. The molecule has 0 fully saturated rings. The first kappa shape index (κ1) is 24.2. The fourth-order valence-electron chi connectivity index (χ4n) is 6.07. The molecule has 6 aromatic carbocycles. The Kier molecular flexibility index (Phi) is 5.82. The van der Waals surface area contributed by atoms with Crippen molar-refractivity contribution in [2.75, 3.05) is 0 Å². The van der Waals surface area contributed by atoms with E-state index in [1.54, 1.807) is 0 Å². The summed E-state index contributed by atoms with van der Waals surface area (Å²) in [5.74, 6) is 0. The molecule has 0 spiro atoms. The van der Waals surface area contributed by atoms with E-state index in [-0.39, 0.29) is 0 Å². The monoisotopic (exact) mass is 534 g/mol. The Morgan fingerprint density at radius 1 is 0.262 bits per heavy atom. The van der Waals surface area contributed by atoms with Crippen molar-refractivity contribution in [2.45, 2.75) is 0 Å². The molecule has 8 aromatic rings. The second-order valence-electron chi connectivity index (χ2n) is 10.7. The maximum absolute atomic E-state index is 4.75. The molecule has 0 radical (unpaired) electrons. The summed E-state index contributed by atoms with van der Waals surface area (Å²) in [7, 11) is 0. The second-order valence-corrected chi connectivity index (χ2v) is 10.7. The summed E-state index contributed by atoms with van der Waals surface area (Å²) in [6.07, 6.45) is 3.81. The van der Waals surface area contributed by atoms with E-state index in [0.29, 0.717) is 0 Å². The lowest BCUT2D eigenvalue weighted by atomic mass is 9.91. The van der Waals surface area contributed by atoms with E-state index in [2.05, 4.69) is 133 Å². The summed E-state index contributed by atoms with van der Waals surface area (Å²) in [5, 5.41) is 7.43. The van der Waals surface area contributed by atoms with E-state index in [4.69, 9.17) is 9.97 Å². The van der Waals surface area contributed by atoms with E-state index in [1.807, 2.05) is 24.5 Å². The van der Waals surface area contributed by atoms with E-state index >= 15 is 0 Å². The number of fused-ring (bicyclic) bond motifs is 6. The lowest BCUT2D eigenvalue weighted by molar-refractivity contribution is 1.33. The van der Waals surface area contributed by atoms with Gasteiger partial charge in [-0.25, -0.2) is 0 Å². The maximum Gasteiger partial charge on any atom is 0.0708 e. The van der Waals surface area contributed by atoms with Crippen LogP contribution < -0.4 is 0 Å². The molecule has 0 aliphatic rings. The van der Waals surface area contributed by atoms with Gasteiger partial charge in [-0.2, -0.15) is 0 Å². The predicted molar refractivity (Wildman–Crippen MR) is 176 cm³/mol. The van der Waals surface area contributed by atoms with Gasteiger partial charge in [0.2, 0.25) is 0 Å². The minimum atomic E-state index is 0.974. The molecule has 8 rings (SSSR count). The third kappa shape index (κ3) is 4.22. The highest BCUT2D eigenvalue weighted by atomic mass is 14.7. The largest absolute Gasteiger partial charge is 0.256 e. The van der Waals surface area contributed by atoms with Crippen LogP contribution in [0.2, 0.25) is 0 Å². The molecule has 2 heterocycles. The summed E-state index contributed by atoms with van der Waals surface area (Å²) in [6.45, 7) is 0. The van der Waals surface area contributed by atoms with E-state index in [9.17, 15) is 0 Å². The van der Waals surface area contributed by atoms with Crippen LogP contribution in [0, 0.1) is 0 Å². The number of rotatable bonds is 4. The normalized spacial score (nSPS) is 11.3. The Balaban J connectivity index is 1.28. The van der Waals surface area contributed by atoms with Gasteiger partial charge in [0, 0.05) is 23.5 Å². The number of aromatic nitrogens is 2. The van der Waals surface area contributed by atoms with Crippen LogP contribution in [-0.4, -0.2) is 9.97 Å². The predicted octanol–water partition coefficient (Wildman–Crippen LogP) is 10.6. The number of nitrogens with zero attached hydrogens (tertiary/aromatic N) is 2. The van der Waals surface area contributed by atoms with Crippen molar-refractivity contribution in [3.63, 3.8) is 0 Å². The SMILES string of the molecule is c1ccc(-c2ccnc(-c3ccc4c5ccc(-c6cc(-c7ccccc7)ccn6)cc5c5ccccc5c4c3)c2)cc1. The molecular weight excluding hydrogens is 508 g/mol. The van der Waals surface area contributed by atoms with Crippen LogP contribution >= 0.6 is 0 Å².